The minimum Gasteiger partial charge on any atom is -0.497 e. The van der Waals surface area contributed by atoms with Gasteiger partial charge in [0.25, 0.3) is 5.91 Å². The van der Waals surface area contributed by atoms with Gasteiger partial charge in [0.05, 0.1) is 14.2 Å². The molecule has 0 saturated heterocycles. The van der Waals surface area contributed by atoms with Crippen molar-refractivity contribution in [1.29, 1.82) is 0 Å². The fourth-order valence-corrected chi connectivity index (χ4v) is 3.87. The summed E-state index contributed by atoms with van der Waals surface area (Å²) in [7, 11) is 3.17. The lowest BCUT2D eigenvalue weighted by Crippen LogP contribution is -2.23. The molecule has 2 amide bonds. The Hall–Kier alpha value is -3.32. The molecule has 7 heteroatoms. The normalized spacial score (nSPS) is 10.4. The summed E-state index contributed by atoms with van der Waals surface area (Å²) in [6, 6.07) is 16.5. The first-order valence-corrected chi connectivity index (χ1v) is 10.9. The van der Waals surface area contributed by atoms with Gasteiger partial charge in [-0.15, -0.1) is 11.3 Å². The van der Waals surface area contributed by atoms with Crippen molar-refractivity contribution in [1.82, 2.24) is 5.32 Å². The van der Waals surface area contributed by atoms with Crippen LogP contribution in [0.3, 0.4) is 0 Å². The van der Waals surface area contributed by atoms with Gasteiger partial charge in [0.15, 0.2) is 0 Å². The molecule has 0 atom stereocenters. The third-order valence-corrected chi connectivity index (χ3v) is 5.69. The summed E-state index contributed by atoms with van der Waals surface area (Å²) in [4.78, 5) is 26.1. The monoisotopic (exact) mass is 438 g/mol. The Kier molecular flexibility index (Phi) is 8.06. The molecule has 6 nitrogen and oxygen atoms in total. The topological polar surface area (TPSA) is 76.7 Å². The molecule has 1 heterocycles. The first kappa shape index (κ1) is 22.4. The quantitative estimate of drug-likeness (QED) is 0.483. The molecule has 0 saturated carbocycles. The van der Waals surface area contributed by atoms with E-state index in [4.69, 9.17) is 9.47 Å². The zero-order chi connectivity index (χ0) is 22.1. The van der Waals surface area contributed by atoms with Gasteiger partial charge in [0, 0.05) is 40.7 Å². The van der Waals surface area contributed by atoms with Crippen LogP contribution >= 0.6 is 11.3 Å². The van der Waals surface area contributed by atoms with Crippen molar-refractivity contribution in [3.8, 4) is 11.5 Å². The van der Waals surface area contributed by atoms with Gasteiger partial charge in [-0.05, 0) is 54.6 Å². The molecular weight excluding hydrogens is 412 g/mol. The third kappa shape index (κ3) is 6.58. The number of amides is 2. The van der Waals surface area contributed by atoms with Crippen LogP contribution in [0.1, 0.15) is 33.6 Å². The Morgan fingerprint density at radius 1 is 1.00 bits per heavy atom. The van der Waals surface area contributed by atoms with E-state index in [0.717, 1.165) is 18.4 Å². The van der Waals surface area contributed by atoms with E-state index in [0.29, 0.717) is 35.7 Å². The van der Waals surface area contributed by atoms with Crippen molar-refractivity contribution in [2.75, 3.05) is 19.5 Å². The summed E-state index contributed by atoms with van der Waals surface area (Å²) in [5.41, 5.74) is 1.92. The molecule has 162 valence electrons. The van der Waals surface area contributed by atoms with Crippen molar-refractivity contribution in [3.05, 3.63) is 76.0 Å². The van der Waals surface area contributed by atoms with Gasteiger partial charge in [-0.25, -0.2) is 0 Å². The van der Waals surface area contributed by atoms with E-state index < -0.39 is 0 Å². The zero-order valence-corrected chi connectivity index (χ0v) is 18.5. The molecule has 0 aliphatic rings. The number of hydrogen-bond acceptors (Lipinski definition) is 5. The van der Waals surface area contributed by atoms with Crippen molar-refractivity contribution in [3.63, 3.8) is 0 Å². The van der Waals surface area contributed by atoms with Crippen LogP contribution in [0.25, 0.3) is 0 Å². The van der Waals surface area contributed by atoms with Gasteiger partial charge in [0.2, 0.25) is 5.91 Å². The van der Waals surface area contributed by atoms with Gasteiger partial charge >= 0.3 is 0 Å². The standard InChI is InChI=1S/C24H26N2O4S/c1-29-20-12-11-18(22(15-20)30-2)16-25-24(28)17-6-3-7-19(14-17)26-23(27)10-4-8-21-9-5-13-31-21/h3,5-7,9,11-15H,4,8,10,16H2,1-2H3,(H,25,28)(H,26,27). The number of rotatable bonds is 10. The number of ether oxygens (including phenoxy) is 2. The highest BCUT2D eigenvalue weighted by molar-refractivity contribution is 7.09. The molecule has 3 aromatic rings. The SMILES string of the molecule is COc1ccc(CNC(=O)c2cccc(NC(=O)CCCc3cccs3)c2)c(OC)c1. The fourth-order valence-electron chi connectivity index (χ4n) is 3.12. The summed E-state index contributed by atoms with van der Waals surface area (Å²) in [6.45, 7) is 0.311. The summed E-state index contributed by atoms with van der Waals surface area (Å²) >= 11 is 1.70. The summed E-state index contributed by atoms with van der Waals surface area (Å²) in [6.07, 6.45) is 2.12. The van der Waals surface area contributed by atoms with Crippen LogP contribution in [0.5, 0.6) is 11.5 Å². The maximum Gasteiger partial charge on any atom is 0.251 e. The number of anilines is 1. The Bertz CT molecular complexity index is 1020. The number of carbonyl (C=O) groups excluding carboxylic acids is 2. The van der Waals surface area contributed by atoms with Gasteiger partial charge in [-0.2, -0.15) is 0 Å². The lowest BCUT2D eigenvalue weighted by atomic mass is 10.1. The van der Waals surface area contributed by atoms with E-state index in [2.05, 4.69) is 16.7 Å². The molecule has 31 heavy (non-hydrogen) atoms. The molecular formula is C24H26N2O4S. The van der Waals surface area contributed by atoms with Gasteiger partial charge in [-0.1, -0.05) is 12.1 Å². The molecule has 0 spiro atoms. The minimum atomic E-state index is -0.230. The van der Waals surface area contributed by atoms with Crippen LogP contribution in [-0.2, 0) is 17.8 Å². The molecule has 0 bridgehead atoms. The maximum absolute atomic E-state index is 12.6. The average Bonchev–Trinajstić information content (AvgIpc) is 3.31. The van der Waals surface area contributed by atoms with Gasteiger partial charge in [0.1, 0.15) is 11.5 Å². The van der Waals surface area contributed by atoms with Gasteiger partial charge in [-0.3, -0.25) is 9.59 Å². The molecule has 0 radical (unpaired) electrons. The number of nitrogens with one attached hydrogen (secondary N) is 2. The van der Waals surface area contributed by atoms with E-state index in [9.17, 15) is 9.59 Å². The summed E-state index contributed by atoms with van der Waals surface area (Å²) in [5, 5.41) is 7.80. The average molecular weight is 439 g/mol. The Labute approximate surface area is 186 Å². The van der Waals surface area contributed by atoms with Crippen molar-refractivity contribution in [2.45, 2.75) is 25.8 Å². The van der Waals surface area contributed by atoms with Crippen LogP contribution in [0, 0.1) is 0 Å². The zero-order valence-electron chi connectivity index (χ0n) is 17.6. The van der Waals surface area contributed by atoms with E-state index in [-0.39, 0.29) is 11.8 Å². The highest BCUT2D eigenvalue weighted by Crippen LogP contribution is 2.24. The molecule has 2 aromatic carbocycles. The largest absolute Gasteiger partial charge is 0.497 e. The smallest absolute Gasteiger partial charge is 0.251 e. The van der Waals surface area contributed by atoms with Crippen molar-refractivity contribution in [2.24, 2.45) is 0 Å². The van der Waals surface area contributed by atoms with E-state index in [1.807, 2.05) is 23.6 Å². The molecule has 0 fully saturated rings. The number of carbonyl (C=O) groups is 2. The second kappa shape index (κ2) is 11.2. The second-order valence-electron chi connectivity index (χ2n) is 6.92. The summed E-state index contributed by atoms with van der Waals surface area (Å²) in [5.74, 6) is 1.04. The highest BCUT2D eigenvalue weighted by atomic mass is 32.1. The van der Waals surface area contributed by atoms with E-state index >= 15 is 0 Å². The van der Waals surface area contributed by atoms with Gasteiger partial charge < -0.3 is 20.1 Å². The minimum absolute atomic E-state index is 0.0583. The molecule has 3 rings (SSSR count). The van der Waals surface area contributed by atoms with Crippen LogP contribution in [-0.4, -0.2) is 26.0 Å². The second-order valence-corrected chi connectivity index (χ2v) is 7.95. The van der Waals surface area contributed by atoms with Crippen LogP contribution < -0.4 is 20.1 Å². The number of thiophene rings is 1. The van der Waals surface area contributed by atoms with E-state index in [1.54, 1.807) is 55.9 Å². The Balaban J connectivity index is 1.53. The molecule has 0 unspecified atom stereocenters. The molecule has 0 aliphatic carbocycles. The lowest BCUT2D eigenvalue weighted by molar-refractivity contribution is -0.116. The molecule has 2 N–H and O–H groups in total. The maximum atomic E-state index is 12.6. The van der Waals surface area contributed by atoms with Crippen LogP contribution in [0.2, 0.25) is 0 Å². The fraction of sp³-hybridized carbons (Fsp3) is 0.250. The predicted molar refractivity (Wildman–Crippen MR) is 123 cm³/mol. The predicted octanol–water partition coefficient (Wildman–Crippen LogP) is 4.66. The third-order valence-electron chi connectivity index (χ3n) is 4.75. The molecule has 1 aromatic heterocycles. The van der Waals surface area contributed by atoms with E-state index in [1.165, 1.54) is 4.88 Å². The van der Waals surface area contributed by atoms with Crippen LogP contribution in [0.4, 0.5) is 5.69 Å². The highest BCUT2D eigenvalue weighted by Gasteiger charge is 2.11. The Morgan fingerprint density at radius 3 is 2.61 bits per heavy atom. The van der Waals surface area contributed by atoms with Crippen molar-refractivity contribution >= 4 is 28.8 Å². The lowest BCUT2D eigenvalue weighted by Gasteiger charge is -2.12. The number of aryl methyl sites for hydroxylation is 1. The van der Waals surface area contributed by atoms with Crippen molar-refractivity contribution < 1.29 is 19.1 Å². The first-order chi connectivity index (χ1) is 15.1. The first-order valence-electron chi connectivity index (χ1n) is 10.0. The number of methoxy groups -OCH3 is 2. The number of hydrogen-bond donors (Lipinski definition) is 2. The summed E-state index contributed by atoms with van der Waals surface area (Å²) < 4.78 is 10.6. The number of benzene rings is 2. The molecule has 0 aliphatic heterocycles. The van der Waals surface area contributed by atoms with Crippen LogP contribution in [0.15, 0.2) is 60.0 Å². The Morgan fingerprint density at radius 2 is 1.87 bits per heavy atom.